The SMILES string of the molecule is CCOCC(=O)N1CCN(c2ccc(N)nc2)CC1. The number of amides is 1. The highest BCUT2D eigenvalue weighted by Crippen LogP contribution is 2.16. The van der Waals surface area contributed by atoms with E-state index in [4.69, 9.17) is 10.5 Å². The predicted octanol–water partition coefficient (Wildman–Crippen LogP) is 0.349. The van der Waals surface area contributed by atoms with Gasteiger partial charge in [-0.05, 0) is 19.1 Å². The summed E-state index contributed by atoms with van der Waals surface area (Å²) in [5.41, 5.74) is 6.62. The third-order valence-electron chi connectivity index (χ3n) is 3.20. The molecule has 6 nitrogen and oxygen atoms in total. The van der Waals surface area contributed by atoms with E-state index in [-0.39, 0.29) is 12.5 Å². The van der Waals surface area contributed by atoms with Gasteiger partial charge in [-0.15, -0.1) is 0 Å². The first-order chi connectivity index (χ1) is 9.20. The molecule has 1 fully saturated rings. The highest BCUT2D eigenvalue weighted by Gasteiger charge is 2.21. The van der Waals surface area contributed by atoms with Gasteiger partial charge in [0.05, 0.1) is 11.9 Å². The molecule has 0 atom stereocenters. The van der Waals surface area contributed by atoms with Crippen molar-refractivity contribution in [2.75, 3.05) is 50.0 Å². The Bertz CT molecular complexity index is 413. The van der Waals surface area contributed by atoms with Crippen molar-refractivity contribution in [1.82, 2.24) is 9.88 Å². The number of aromatic nitrogens is 1. The molecule has 2 N–H and O–H groups in total. The molecule has 1 aliphatic heterocycles. The number of nitrogens with zero attached hydrogens (tertiary/aromatic N) is 3. The van der Waals surface area contributed by atoms with Gasteiger partial charge in [0.15, 0.2) is 0 Å². The van der Waals surface area contributed by atoms with Crippen LogP contribution in [0.15, 0.2) is 18.3 Å². The fraction of sp³-hybridized carbons (Fsp3) is 0.538. The van der Waals surface area contributed by atoms with Gasteiger partial charge in [-0.3, -0.25) is 4.79 Å². The molecule has 0 aromatic carbocycles. The highest BCUT2D eigenvalue weighted by atomic mass is 16.5. The summed E-state index contributed by atoms with van der Waals surface area (Å²) in [5.74, 6) is 0.589. The topological polar surface area (TPSA) is 71.7 Å². The van der Waals surface area contributed by atoms with Crippen molar-refractivity contribution < 1.29 is 9.53 Å². The van der Waals surface area contributed by atoms with Crippen LogP contribution in [0.25, 0.3) is 0 Å². The number of hydrogen-bond acceptors (Lipinski definition) is 5. The molecule has 0 bridgehead atoms. The quantitative estimate of drug-likeness (QED) is 0.849. The fourth-order valence-electron chi connectivity index (χ4n) is 2.08. The average Bonchev–Trinajstić information content (AvgIpc) is 2.46. The first-order valence-electron chi connectivity index (χ1n) is 6.52. The first kappa shape index (κ1) is 13.6. The Labute approximate surface area is 113 Å². The normalized spacial score (nSPS) is 15.6. The molecule has 2 heterocycles. The number of rotatable bonds is 4. The van der Waals surface area contributed by atoms with Crippen LogP contribution in [0.3, 0.4) is 0 Å². The van der Waals surface area contributed by atoms with Crippen LogP contribution in [0.5, 0.6) is 0 Å². The number of pyridine rings is 1. The molecule has 19 heavy (non-hydrogen) atoms. The van der Waals surface area contributed by atoms with Crippen LogP contribution < -0.4 is 10.6 Å². The van der Waals surface area contributed by atoms with Crippen molar-refractivity contribution in [3.8, 4) is 0 Å². The van der Waals surface area contributed by atoms with Gasteiger partial charge >= 0.3 is 0 Å². The summed E-state index contributed by atoms with van der Waals surface area (Å²) in [6, 6.07) is 3.75. The number of carbonyl (C=O) groups excluding carboxylic acids is 1. The molecule has 1 saturated heterocycles. The summed E-state index contributed by atoms with van der Waals surface area (Å²) in [7, 11) is 0. The standard InChI is InChI=1S/C13H20N4O2/c1-2-19-10-13(18)17-7-5-16(6-8-17)11-3-4-12(14)15-9-11/h3-4,9H,2,5-8,10H2,1H3,(H2,14,15). The minimum absolute atomic E-state index is 0.0666. The van der Waals surface area contributed by atoms with Crippen LogP contribution in [0.4, 0.5) is 11.5 Å². The Kier molecular flexibility index (Phi) is 4.57. The summed E-state index contributed by atoms with van der Waals surface area (Å²) in [6.45, 7) is 5.70. The fourth-order valence-corrected chi connectivity index (χ4v) is 2.08. The maximum Gasteiger partial charge on any atom is 0.248 e. The summed E-state index contributed by atoms with van der Waals surface area (Å²) < 4.78 is 5.14. The molecule has 0 aliphatic carbocycles. The van der Waals surface area contributed by atoms with E-state index in [0.29, 0.717) is 12.4 Å². The molecule has 1 amide bonds. The van der Waals surface area contributed by atoms with Gasteiger partial charge in [-0.25, -0.2) is 4.98 Å². The van der Waals surface area contributed by atoms with Gasteiger partial charge in [0.1, 0.15) is 12.4 Å². The third-order valence-corrected chi connectivity index (χ3v) is 3.20. The van der Waals surface area contributed by atoms with E-state index in [1.54, 1.807) is 12.3 Å². The monoisotopic (exact) mass is 264 g/mol. The second-order valence-electron chi connectivity index (χ2n) is 4.45. The van der Waals surface area contributed by atoms with Crippen LogP contribution in [0.1, 0.15) is 6.92 Å². The molecule has 0 spiro atoms. The van der Waals surface area contributed by atoms with E-state index in [9.17, 15) is 4.79 Å². The Morgan fingerprint density at radius 1 is 1.37 bits per heavy atom. The van der Waals surface area contributed by atoms with Crippen LogP contribution in [-0.2, 0) is 9.53 Å². The Hall–Kier alpha value is -1.82. The number of hydrogen-bond donors (Lipinski definition) is 1. The molecule has 0 saturated carbocycles. The summed E-state index contributed by atoms with van der Waals surface area (Å²) in [4.78, 5) is 19.9. The van der Waals surface area contributed by atoms with Gasteiger partial charge in [0, 0.05) is 32.8 Å². The zero-order valence-electron chi connectivity index (χ0n) is 11.2. The van der Waals surface area contributed by atoms with Crippen molar-refractivity contribution >= 4 is 17.4 Å². The minimum Gasteiger partial charge on any atom is -0.384 e. The number of nitrogens with two attached hydrogens (primary N) is 1. The van der Waals surface area contributed by atoms with E-state index < -0.39 is 0 Å². The van der Waals surface area contributed by atoms with Crippen molar-refractivity contribution in [2.45, 2.75) is 6.92 Å². The molecular formula is C13H20N4O2. The molecule has 1 aromatic heterocycles. The number of ether oxygens (including phenoxy) is 1. The molecule has 6 heteroatoms. The minimum atomic E-state index is 0.0666. The van der Waals surface area contributed by atoms with Crippen molar-refractivity contribution in [2.24, 2.45) is 0 Å². The van der Waals surface area contributed by atoms with Gasteiger partial charge in [0.25, 0.3) is 0 Å². The molecule has 104 valence electrons. The lowest BCUT2D eigenvalue weighted by atomic mass is 10.2. The van der Waals surface area contributed by atoms with Gasteiger partial charge in [-0.1, -0.05) is 0 Å². The zero-order valence-corrected chi connectivity index (χ0v) is 11.2. The number of anilines is 2. The molecular weight excluding hydrogens is 244 g/mol. The van der Waals surface area contributed by atoms with Crippen molar-refractivity contribution in [1.29, 1.82) is 0 Å². The lowest BCUT2D eigenvalue weighted by Crippen LogP contribution is -2.49. The lowest BCUT2D eigenvalue weighted by Gasteiger charge is -2.35. The predicted molar refractivity (Wildman–Crippen MR) is 73.9 cm³/mol. The van der Waals surface area contributed by atoms with E-state index in [1.807, 2.05) is 17.9 Å². The third kappa shape index (κ3) is 3.57. The lowest BCUT2D eigenvalue weighted by molar-refractivity contribution is -0.136. The summed E-state index contributed by atoms with van der Waals surface area (Å²) in [5, 5.41) is 0. The van der Waals surface area contributed by atoms with E-state index >= 15 is 0 Å². The smallest absolute Gasteiger partial charge is 0.248 e. The van der Waals surface area contributed by atoms with E-state index in [2.05, 4.69) is 9.88 Å². The van der Waals surface area contributed by atoms with Gasteiger partial charge < -0.3 is 20.3 Å². The van der Waals surface area contributed by atoms with Gasteiger partial charge in [-0.2, -0.15) is 0 Å². The molecule has 2 rings (SSSR count). The first-order valence-corrected chi connectivity index (χ1v) is 6.52. The Morgan fingerprint density at radius 3 is 2.68 bits per heavy atom. The average molecular weight is 264 g/mol. The van der Waals surface area contributed by atoms with Crippen LogP contribution in [0, 0.1) is 0 Å². The van der Waals surface area contributed by atoms with Crippen LogP contribution in [-0.4, -0.2) is 55.2 Å². The van der Waals surface area contributed by atoms with Gasteiger partial charge in [0.2, 0.25) is 5.91 Å². The largest absolute Gasteiger partial charge is 0.384 e. The summed E-state index contributed by atoms with van der Waals surface area (Å²) in [6.07, 6.45) is 1.77. The molecule has 1 aromatic rings. The van der Waals surface area contributed by atoms with Crippen LogP contribution in [0.2, 0.25) is 0 Å². The van der Waals surface area contributed by atoms with E-state index in [1.165, 1.54) is 0 Å². The van der Waals surface area contributed by atoms with Crippen molar-refractivity contribution in [3.05, 3.63) is 18.3 Å². The van der Waals surface area contributed by atoms with Crippen molar-refractivity contribution in [3.63, 3.8) is 0 Å². The number of carbonyl (C=O) groups is 1. The van der Waals surface area contributed by atoms with Crippen LogP contribution >= 0.6 is 0 Å². The second-order valence-corrected chi connectivity index (χ2v) is 4.45. The Balaban J connectivity index is 1.85. The Morgan fingerprint density at radius 2 is 2.11 bits per heavy atom. The van der Waals surface area contributed by atoms with E-state index in [0.717, 1.165) is 31.9 Å². The number of nitrogen functional groups attached to an aromatic ring is 1. The molecule has 0 unspecified atom stereocenters. The number of piperazine rings is 1. The highest BCUT2D eigenvalue weighted by molar-refractivity contribution is 5.77. The molecule has 1 aliphatic rings. The summed E-state index contributed by atoms with van der Waals surface area (Å²) >= 11 is 0. The molecule has 0 radical (unpaired) electrons. The maximum absolute atomic E-state index is 11.8. The second kappa shape index (κ2) is 6.38. The maximum atomic E-state index is 11.8. The zero-order chi connectivity index (χ0) is 13.7.